The van der Waals surface area contributed by atoms with Crippen molar-refractivity contribution in [1.82, 2.24) is 0 Å². The Balaban J connectivity index is 1.65. The quantitative estimate of drug-likeness (QED) is 0.391. The second kappa shape index (κ2) is 9.78. The van der Waals surface area contributed by atoms with Crippen molar-refractivity contribution in [1.29, 1.82) is 5.26 Å². The second-order valence-corrected chi connectivity index (χ2v) is 7.34. The number of rotatable bonds is 6. The predicted molar refractivity (Wildman–Crippen MR) is 120 cm³/mol. The van der Waals surface area contributed by atoms with E-state index in [1.54, 1.807) is 24.3 Å². The van der Waals surface area contributed by atoms with Crippen LogP contribution < -0.4 is 10.1 Å². The highest BCUT2D eigenvalue weighted by molar-refractivity contribution is 6.31. The highest BCUT2D eigenvalue weighted by Crippen LogP contribution is 2.21. The van der Waals surface area contributed by atoms with Crippen molar-refractivity contribution in [3.05, 3.63) is 99.6 Å². The number of hydrogen-bond acceptors (Lipinski definition) is 3. The maximum absolute atomic E-state index is 12.4. The van der Waals surface area contributed by atoms with Gasteiger partial charge < -0.3 is 10.1 Å². The summed E-state index contributed by atoms with van der Waals surface area (Å²) in [6.45, 7) is 4.39. The topological polar surface area (TPSA) is 62.1 Å². The van der Waals surface area contributed by atoms with Gasteiger partial charge in [0.1, 0.15) is 24.0 Å². The maximum Gasteiger partial charge on any atom is 0.266 e. The van der Waals surface area contributed by atoms with Crippen molar-refractivity contribution in [2.24, 2.45) is 0 Å². The Morgan fingerprint density at radius 2 is 1.87 bits per heavy atom. The van der Waals surface area contributed by atoms with Gasteiger partial charge in [-0.2, -0.15) is 5.26 Å². The summed E-state index contributed by atoms with van der Waals surface area (Å²) in [6.07, 6.45) is 1.54. The summed E-state index contributed by atoms with van der Waals surface area (Å²) in [5.74, 6) is 0.225. The first-order chi connectivity index (χ1) is 14.4. The molecule has 0 atom stereocenters. The molecule has 3 aromatic rings. The van der Waals surface area contributed by atoms with Crippen LogP contribution >= 0.6 is 11.6 Å². The Bertz CT molecular complexity index is 1130. The molecule has 0 aliphatic rings. The number of halogens is 1. The van der Waals surface area contributed by atoms with Gasteiger partial charge in [0.2, 0.25) is 0 Å². The van der Waals surface area contributed by atoms with Crippen molar-refractivity contribution in [3.63, 3.8) is 0 Å². The third-order valence-electron chi connectivity index (χ3n) is 4.47. The number of amides is 1. The monoisotopic (exact) mass is 416 g/mol. The van der Waals surface area contributed by atoms with Gasteiger partial charge in [0.05, 0.1) is 0 Å². The summed E-state index contributed by atoms with van der Waals surface area (Å²) in [5, 5.41) is 12.6. The highest BCUT2D eigenvalue weighted by Gasteiger charge is 2.10. The van der Waals surface area contributed by atoms with E-state index < -0.39 is 5.91 Å². The Kier molecular flexibility index (Phi) is 6.90. The third kappa shape index (κ3) is 5.73. The van der Waals surface area contributed by atoms with E-state index in [0.717, 1.165) is 16.7 Å². The summed E-state index contributed by atoms with van der Waals surface area (Å²) in [7, 11) is 0. The van der Waals surface area contributed by atoms with Crippen molar-refractivity contribution < 1.29 is 9.53 Å². The van der Waals surface area contributed by atoms with Crippen LogP contribution in [0.2, 0.25) is 5.02 Å². The molecule has 30 heavy (non-hydrogen) atoms. The molecule has 1 N–H and O–H groups in total. The molecule has 0 aliphatic carbocycles. The fraction of sp³-hybridized carbons (Fsp3) is 0.120. The van der Waals surface area contributed by atoms with E-state index in [1.165, 1.54) is 11.6 Å². The lowest BCUT2D eigenvalue weighted by Gasteiger charge is -2.08. The van der Waals surface area contributed by atoms with Crippen molar-refractivity contribution in [2.45, 2.75) is 20.5 Å². The molecule has 0 aromatic heterocycles. The molecule has 150 valence electrons. The van der Waals surface area contributed by atoms with E-state index in [-0.39, 0.29) is 5.57 Å². The highest BCUT2D eigenvalue weighted by atomic mass is 35.5. The van der Waals surface area contributed by atoms with Crippen LogP contribution in [0.1, 0.15) is 22.3 Å². The number of nitriles is 1. The number of nitrogens with one attached hydrogen (secondary N) is 1. The molecule has 0 bridgehead atoms. The zero-order valence-electron chi connectivity index (χ0n) is 16.8. The lowest BCUT2D eigenvalue weighted by Crippen LogP contribution is -2.13. The Morgan fingerprint density at radius 3 is 2.53 bits per heavy atom. The van der Waals surface area contributed by atoms with Gasteiger partial charge in [-0.15, -0.1) is 0 Å². The van der Waals surface area contributed by atoms with Crippen LogP contribution in [0.25, 0.3) is 6.08 Å². The second-order valence-electron chi connectivity index (χ2n) is 6.93. The fourth-order valence-corrected chi connectivity index (χ4v) is 2.99. The van der Waals surface area contributed by atoms with E-state index in [2.05, 4.69) is 11.4 Å². The number of benzene rings is 3. The van der Waals surface area contributed by atoms with Crippen LogP contribution in [0.15, 0.2) is 72.3 Å². The normalized spacial score (nSPS) is 10.9. The van der Waals surface area contributed by atoms with E-state index in [9.17, 15) is 10.1 Å². The largest absolute Gasteiger partial charge is 0.489 e. The first kappa shape index (κ1) is 21.2. The molecule has 5 heteroatoms. The van der Waals surface area contributed by atoms with E-state index in [1.807, 2.05) is 56.3 Å². The van der Waals surface area contributed by atoms with Crippen molar-refractivity contribution in [3.8, 4) is 11.8 Å². The smallest absolute Gasteiger partial charge is 0.266 e. The van der Waals surface area contributed by atoms with Crippen LogP contribution in [0.3, 0.4) is 0 Å². The van der Waals surface area contributed by atoms with Gasteiger partial charge in [-0.3, -0.25) is 4.79 Å². The number of ether oxygens (including phenoxy) is 1. The lowest BCUT2D eigenvalue weighted by atomic mass is 10.1. The first-order valence-corrected chi connectivity index (χ1v) is 9.80. The van der Waals surface area contributed by atoms with E-state index >= 15 is 0 Å². The zero-order chi connectivity index (χ0) is 21.5. The number of hydrogen-bond donors (Lipinski definition) is 1. The maximum atomic E-state index is 12.4. The predicted octanol–water partition coefficient (Wildman–Crippen LogP) is 6.08. The molecular weight excluding hydrogens is 396 g/mol. The lowest BCUT2D eigenvalue weighted by molar-refractivity contribution is -0.112. The summed E-state index contributed by atoms with van der Waals surface area (Å²) < 4.78 is 5.80. The average Bonchev–Trinajstić information content (AvgIpc) is 2.74. The van der Waals surface area contributed by atoms with Gasteiger partial charge in [-0.25, -0.2) is 0 Å². The Morgan fingerprint density at radius 1 is 1.10 bits per heavy atom. The molecule has 0 saturated heterocycles. The molecule has 0 unspecified atom stereocenters. The minimum Gasteiger partial charge on any atom is -0.489 e. The molecule has 0 saturated carbocycles. The van der Waals surface area contributed by atoms with Crippen LogP contribution in [-0.2, 0) is 11.4 Å². The average molecular weight is 417 g/mol. The van der Waals surface area contributed by atoms with Crippen molar-refractivity contribution in [2.75, 3.05) is 5.32 Å². The zero-order valence-corrected chi connectivity index (χ0v) is 17.5. The Labute approximate surface area is 181 Å². The molecule has 0 spiro atoms. The molecule has 3 aromatic carbocycles. The minimum absolute atomic E-state index is 0.000117. The van der Waals surface area contributed by atoms with Crippen LogP contribution in [0.5, 0.6) is 5.75 Å². The van der Waals surface area contributed by atoms with Crippen LogP contribution in [0.4, 0.5) is 5.69 Å². The SMILES string of the molecule is Cc1cccc(COc2ccc(/C=C(\C#N)C(=O)Nc3ccc(C)c(Cl)c3)cc2)c1. The molecule has 0 fully saturated rings. The molecule has 1 amide bonds. The Hall–Kier alpha value is -3.55. The summed E-state index contributed by atoms with van der Waals surface area (Å²) in [5.41, 5.74) is 4.46. The van der Waals surface area contributed by atoms with Crippen LogP contribution in [0, 0.1) is 25.2 Å². The van der Waals surface area contributed by atoms with Gasteiger partial charge >= 0.3 is 0 Å². The number of anilines is 1. The van der Waals surface area contributed by atoms with Gasteiger partial charge in [0, 0.05) is 10.7 Å². The standard InChI is InChI=1S/C25H21ClN2O2/c1-17-4-3-5-20(12-17)16-30-23-10-7-19(8-11-23)13-21(15-27)25(29)28-22-9-6-18(2)24(26)14-22/h3-14H,16H2,1-2H3,(H,28,29)/b21-13+. The van der Waals surface area contributed by atoms with Crippen LogP contribution in [-0.4, -0.2) is 5.91 Å². The molecule has 3 rings (SSSR count). The number of carbonyl (C=O) groups is 1. The number of nitrogens with zero attached hydrogens (tertiary/aromatic N) is 1. The molecule has 0 heterocycles. The third-order valence-corrected chi connectivity index (χ3v) is 4.88. The summed E-state index contributed by atoms with van der Waals surface area (Å²) in [4.78, 5) is 12.4. The van der Waals surface area contributed by atoms with Gasteiger partial charge in [-0.1, -0.05) is 59.6 Å². The van der Waals surface area contributed by atoms with Crippen molar-refractivity contribution >= 4 is 29.3 Å². The van der Waals surface area contributed by atoms with E-state index in [4.69, 9.17) is 16.3 Å². The minimum atomic E-state index is -0.489. The summed E-state index contributed by atoms with van der Waals surface area (Å²) in [6, 6.07) is 22.5. The van der Waals surface area contributed by atoms with Gasteiger partial charge in [0.15, 0.2) is 0 Å². The van der Waals surface area contributed by atoms with Gasteiger partial charge in [-0.05, 0) is 60.9 Å². The van der Waals surface area contributed by atoms with E-state index in [0.29, 0.717) is 23.1 Å². The summed E-state index contributed by atoms with van der Waals surface area (Å²) >= 11 is 6.08. The molecule has 0 radical (unpaired) electrons. The fourth-order valence-electron chi connectivity index (χ4n) is 2.81. The molecular formula is C25H21ClN2O2. The molecule has 0 aliphatic heterocycles. The molecule has 4 nitrogen and oxygen atoms in total. The first-order valence-electron chi connectivity index (χ1n) is 9.42. The number of aryl methyl sites for hydroxylation is 2. The van der Waals surface area contributed by atoms with Gasteiger partial charge in [0.25, 0.3) is 5.91 Å². The number of carbonyl (C=O) groups excluding carboxylic acids is 1.